The van der Waals surface area contributed by atoms with Crippen molar-refractivity contribution in [2.24, 2.45) is 0 Å². The number of halogens is 2. The van der Waals surface area contributed by atoms with E-state index in [0.29, 0.717) is 66.5 Å². The summed E-state index contributed by atoms with van der Waals surface area (Å²) in [7, 11) is 3.01. The van der Waals surface area contributed by atoms with E-state index in [1.807, 2.05) is 6.07 Å². The third kappa shape index (κ3) is 5.49. The number of nitrogens with zero attached hydrogens (tertiary/aromatic N) is 6. The van der Waals surface area contributed by atoms with Crippen LogP contribution >= 0.6 is 23.2 Å². The zero-order chi connectivity index (χ0) is 29.5. The van der Waals surface area contributed by atoms with Crippen LogP contribution in [0, 0.1) is 0 Å². The number of methoxy groups -OCH3 is 2. The quantitative estimate of drug-likeness (QED) is 0.198. The van der Waals surface area contributed by atoms with Gasteiger partial charge in [0, 0.05) is 34.8 Å². The molecule has 3 N–H and O–H groups in total. The summed E-state index contributed by atoms with van der Waals surface area (Å²) in [6, 6.07) is 5.24. The number of aliphatic hydroxyl groups is 1. The average molecular weight is 597 g/mol. The lowest BCUT2D eigenvalue weighted by atomic mass is 10.0. The fourth-order valence-corrected chi connectivity index (χ4v) is 5.04. The highest BCUT2D eigenvalue weighted by atomic mass is 35.5. The number of hydrogen-bond acceptors (Lipinski definition) is 9. The van der Waals surface area contributed by atoms with Crippen molar-refractivity contribution in [1.29, 1.82) is 0 Å². The Balaban J connectivity index is 1.61. The number of pyridine rings is 2. The molecule has 0 aliphatic heterocycles. The first-order valence-corrected chi connectivity index (χ1v) is 13.0. The second kappa shape index (κ2) is 10.9. The van der Waals surface area contributed by atoms with Crippen molar-refractivity contribution in [2.75, 3.05) is 24.9 Å². The van der Waals surface area contributed by atoms with E-state index in [9.17, 15) is 9.90 Å². The molecule has 0 saturated carbocycles. The van der Waals surface area contributed by atoms with E-state index in [4.69, 9.17) is 32.7 Å². The predicted molar refractivity (Wildman–Crippen MR) is 157 cm³/mol. The molecule has 4 heterocycles. The first kappa shape index (κ1) is 28.1. The van der Waals surface area contributed by atoms with Gasteiger partial charge in [-0.15, -0.1) is 0 Å². The molecular weight excluding hydrogens is 571 g/mol. The van der Waals surface area contributed by atoms with Crippen LogP contribution in [0.4, 0.5) is 17.3 Å². The molecule has 12 nitrogen and oxygen atoms in total. The van der Waals surface area contributed by atoms with E-state index >= 15 is 0 Å². The molecule has 5 aromatic rings. The van der Waals surface area contributed by atoms with Crippen molar-refractivity contribution in [3.05, 3.63) is 59.6 Å². The lowest BCUT2D eigenvalue weighted by Gasteiger charge is -2.16. The van der Waals surface area contributed by atoms with Crippen LogP contribution in [0.1, 0.15) is 13.8 Å². The summed E-state index contributed by atoms with van der Waals surface area (Å²) in [4.78, 5) is 21.0. The Bertz CT molecular complexity index is 1780. The van der Waals surface area contributed by atoms with Gasteiger partial charge >= 0.3 is 0 Å². The fraction of sp³-hybridized carbons (Fsp3) is 0.222. The summed E-state index contributed by atoms with van der Waals surface area (Å²) in [5.74, 6) is 1.11. The number of amides is 1. The molecule has 1 amide bonds. The Morgan fingerprint density at radius 2 is 1.85 bits per heavy atom. The molecule has 0 aliphatic carbocycles. The zero-order valence-corrected chi connectivity index (χ0v) is 24.1. The summed E-state index contributed by atoms with van der Waals surface area (Å²) in [5.41, 5.74) is 1.60. The van der Waals surface area contributed by atoms with Gasteiger partial charge in [-0.05, 0) is 26.0 Å². The number of ether oxygens (including phenoxy) is 2. The zero-order valence-electron chi connectivity index (χ0n) is 22.6. The third-order valence-corrected chi connectivity index (χ3v) is 6.82. The smallest absolute Gasteiger partial charge is 0.247 e. The standard InChI is InChI=1S/C27H26Cl2N8O4/c1-6-21(38)33-16-11-36(12-27(2,3)39)35-25(16)34-20-8-17-14(10-30-20)7-15(26-31-13-32-37(17)26)22-23(28)18(40-4)9-19(41-5)24(22)29/h6-11,13,39H,1,12H2,2-5H3,(H,33,38)(H,30,34,35). The van der Waals surface area contributed by atoms with Crippen molar-refractivity contribution < 1.29 is 19.4 Å². The van der Waals surface area contributed by atoms with Crippen molar-refractivity contribution in [3.63, 3.8) is 0 Å². The average Bonchev–Trinajstić information content (AvgIpc) is 3.55. The van der Waals surface area contributed by atoms with E-state index in [0.717, 1.165) is 6.08 Å². The third-order valence-electron chi connectivity index (χ3n) is 6.07. The van der Waals surface area contributed by atoms with Gasteiger partial charge in [0.1, 0.15) is 29.3 Å². The van der Waals surface area contributed by atoms with E-state index < -0.39 is 11.5 Å². The van der Waals surface area contributed by atoms with Gasteiger partial charge in [0.2, 0.25) is 5.91 Å². The molecule has 0 spiro atoms. The molecule has 212 valence electrons. The summed E-state index contributed by atoms with van der Waals surface area (Å²) >= 11 is 13.4. The maximum absolute atomic E-state index is 12.0. The molecule has 0 aliphatic rings. The molecule has 1 aromatic carbocycles. The molecular formula is C27H26Cl2N8O4. The number of hydrogen-bond donors (Lipinski definition) is 3. The lowest BCUT2D eigenvalue weighted by Crippen LogP contribution is -2.26. The van der Waals surface area contributed by atoms with Crippen LogP contribution < -0.4 is 20.1 Å². The Kier molecular flexibility index (Phi) is 7.47. The van der Waals surface area contributed by atoms with Crippen molar-refractivity contribution in [2.45, 2.75) is 26.0 Å². The number of anilines is 3. The number of carbonyl (C=O) groups excluding carboxylic acids is 1. The Morgan fingerprint density at radius 1 is 1.15 bits per heavy atom. The molecule has 0 radical (unpaired) electrons. The Morgan fingerprint density at radius 3 is 2.49 bits per heavy atom. The van der Waals surface area contributed by atoms with Gasteiger partial charge in [-0.1, -0.05) is 29.8 Å². The van der Waals surface area contributed by atoms with Crippen LogP contribution in [0.2, 0.25) is 10.0 Å². The second-order valence-corrected chi connectivity index (χ2v) is 10.4. The van der Waals surface area contributed by atoms with Crippen molar-refractivity contribution in [3.8, 4) is 22.6 Å². The van der Waals surface area contributed by atoms with Gasteiger partial charge in [-0.25, -0.2) is 14.5 Å². The minimum absolute atomic E-state index is 0.194. The SMILES string of the molecule is C=CC(=O)Nc1cn(CC(C)(C)O)nc1Nc1cc2c(cn1)cc(-c1c(Cl)c(OC)cc(OC)c1Cl)c1ncnn12. The van der Waals surface area contributed by atoms with Crippen LogP contribution in [0.5, 0.6) is 11.5 Å². The molecule has 0 fully saturated rings. The summed E-state index contributed by atoms with van der Waals surface area (Å²) < 4.78 is 14.0. The van der Waals surface area contributed by atoms with Crippen molar-refractivity contribution >= 4 is 63.0 Å². The molecule has 0 atom stereocenters. The number of benzene rings is 1. The molecule has 0 unspecified atom stereocenters. The highest BCUT2D eigenvalue weighted by Crippen LogP contribution is 2.47. The number of fused-ring (bicyclic) bond motifs is 3. The predicted octanol–water partition coefficient (Wildman–Crippen LogP) is 5.10. The molecule has 5 rings (SSSR count). The first-order valence-electron chi connectivity index (χ1n) is 12.3. The Hall–Kier alpha value is -4.39. The van der Waals surface area contributed by atoms with Crippen molar-refractivity contribution in [1.82, 2.24) is 29.4 Å². The molecule has 4 aromatic heterocycles. The number of rotatable bonds is 9. The highest BCUT2D eigenvalue weighted by molar-refractivity contribution is 6.41. The Labute approximate surface area is 244 Å². The summed E-state index contributed by atoms with van der Waals surface area (Å²) in [6.45, 7) is 7.01. The normalized spacial score (nSPS) is 11.6. The van der Waals surface area contributed by atoms with Gasteiger partial charge in [0.25, 0.3) is 0 Å². The number of carbonyl (C=O) groups is 1. The monoisotopic (exact) mass is 596 g/mol. The first-order chi connectivity index (χ1) is 19.5. The van der Waals surface area contributed by atoms with Crippen LogP contribution in [0.15, 0.2) is 49.6 Å². The van der Waals surface area contributed by atoms with E-state index in [1.165, 1.54) is 25.2 Å². The minimum Gasteiger partial charge on any atom is -0.495 e. The second-order valence-electron chi connectivity index (χ2n) is 9.69. The van der Waals surface area contributed by atoms with Crippen LogP contribution in [-0.4, -0.2) is 60.2 Å². The topological polar surface area (TPSA) is 141 Å². The van der Waals surface area contributed by atoms with Crippen LogP contribution in [0.3, 0.4) is 0 Å². The van der Waals surface area contributed by atoms with Gasteiger partial charge in [0.15, 0.2) is 11.5 Å². The lowest BCUT2D eigenvalue weighted by molar-refractivity contribution is -0.111. The van der Waals surface area contributed by atoms with Gasteiger partial charge in [-0.2, -0.15) is 10.2 Å². The van der Waals surface area contributed by atoms with E-state index in [2.05, 4.69) is 37.4 Å². The largest absolute Gasteiger partial charge is 0.495 e. The van der Waals surface area contributed by atoms with Crippen LogP contribution in [0.25, 0.3) is 27.7 Å². The summed E-state index contributed by atoms with van der Waals surface area (Å²) in [5, 5.41) is 26.3. The molecule has 14 heteroatoms. The molecule has 41 heavy (non-hydrogen) atoms. The fourth-order valence-electron chi connectivity index (χ4n) is 4.33. The maximum Gasteiger partial charge on any atom is 0.247 e. The summed E-state index contributed by atoms with van der Waals surface area (Å²) in [6.07, 6.45) is 5.84. The number of nitrogens with one attached hydrogen (secondary N) is 2. The van der Waals surface area contributed by atoms with Gasteiger partial charge < -0.3 is 25.2 Å². The van der Waals surface area contributed by atoms with Gasteiger partial charge in [-0.3, -0.25) is 9.48 Å². The minimum atomic E-state index is -1.03. The van der Waals surface area contributed by atoms with E-state index in [1.54, 1.807) is 42.9 Å². The highest BCUT2D eigenvalue weighted by Gasteiger charge is 2.23. The van der Waals surface area contributed by atoms with Crippen LogP contribution in [-0.2, 0) is 11.3 Å². The molecule has 0 bridgehead atoms. The maximum atomic E-state index is 12.0. The van der Waals surface area contributed by atoms with E-state index in [-0.39, 0.29) is 6.54 Å². The number of aromatic nitrogens is 6. The van der Waals surface area contributed by atoms with Gasteiger partial charge in [0.05, 0.1) is 48.1 Å². The molecule has 0 saturated heterocycles.